The zero-order valence-electron chi connectivity index (χ0n) is 23.8. The normalized spacial score (nSPS) is 18.3. The minimum absolute atomic E-state index is 0.000810. The molecule has 12 heteroatoms. The summed E-state index contributed by atoms with van der Waals surface area (Å²) in [5.74, 6) is -0.426. The number of benzene rings is 2. The Balaban J connectivity index is 1.48. The average Bonchev–Trinajstić information content (AvgIpc) is 2.97. The standard InChI is InChI=1S/C30H34N4O7S/c1-34(2,16-24(31)35)15-7-10-22-19-42-28-25(32-30(38)41-18-20-8-5-4-6-9-20)27(36)33(28)26(22)29(37)40-17-21-11-13-23(39-3)14-12-21/h4-14,25,28H,15-19H2,1-3H3,(H2-,31,32,35,38)/p+1/b10-7+/t25-,28+/m1/s1. The fourth-order valence-corrected chi connectivity index (χ4v) is 5.88. The van der Waals surface area contributed by atoms with Gasteiger partial charge in [-0.2, -0.15) is 0 Å². The smallest absolute Gasteiger partial charge is 0.408 e. The van der Waals surface area contributed by atoms with E-state index in [4.69, 9.17) is 19.9 Å². The summed E-state index contributed by atoms with van der Waals surface area (Å²) in [6.07, 6.45) is 2.90. The van der Waals surface area contributed by atoms with E-state index in [0.29, 0.717) is 28.1 Å². The van der Waals surface area contributed by atoms with Crippen LogP contribution in [0.25, 0.3) is 0 Å². The van der Waals surface area contributed by atoms with E-state index >= 15 is 0 Å². The van der Waals surface area contributed by atoms with Crippen LogP contribution in [-0.2, 0) is 37.1 Å². The van der Waals surface area contributed by atoms with Crippen LogP contribution < -0.4 is 15.8 Å². The molecule has 11 nitrogen and oxygen atoms in total. The minimum Gasteiger partial charge on any atom is -0.497 e. The summed E-state index contributed by atoms with van der Waals surface area (Å²) in [4.78, 5) is 51.9. The molecule has 0 bridgehead atoms. The Labute approximate surface area is 248 Å². The molecular weight excluding hydrogens is 560 g/mol. The summed E-state index contributed by atoms with van der Waals surface area (Å²) in [5.41, 5.74) is 7.67. The maximum Gasteiger partial charge on any atom is 0.408 e. The van der Waals surface area contributed by atoms with Crippen LogP contribution >= 0.6 is 11.8 Å². The SMILES string of the molecule is COc1ccc(COC(=O)C2=C(/C=C/C[N+](C)(C)CC(N)=O)CS[C@H]3[C@H](NC(=O)OCc4ccccc4)C(=O)N23)cc1. The second-order valence-electron chi connectivity index (χ2n) is 10.5. The van der Waals surface area contributed by atoms with Gasteiger partial charge in [0.1, 0.15) is 36.1 Å². The third kappa shape index (κ3) is 7.71. The topological polar surface area (TPSA) is 137 Å². The Morgan fingerprint density at radius 3 is 2.38 bits per heavy atom. The zero-order chi connectivity index (χ0) is 30.3. The van der Waals surface area contributed by atoms with E-state index < -0.39 is 35.3 Å². The van der Waals surface area contributed by atoms with Crippen LogP contribution in [-0.4, -0.2) is 84.7 Å². The van der Waals surface area contributed by atoms with Crippen molar-refractivity contribution >= 4 is 35.6 Å². The molecular formula is C30H35N4O7S+. The van der Waals surface area contributed by atoms with Crippen molar-refractivity contribution in [1.29, 1.82) is 0 Å². The first-order valence-electron chi connectivity index (χ1n) is 13.3. The second kappa shape index (κ2) is 13.6. The molecule has 0 spiro atoms. The molecule has 3 N–H and O–H groups in total. The van der Waals surface area contributed by atoms with E-state index in [1.54, 1.807) is 37.5 Å². The number of hydrogen-bond donors (Lipinski definition) is 2. The molecule has 4 rings (SSSR count). The minimum atomic E-state index is -0.848. The van der Waals surface area contributed by atoms with Gasteiger partial charge in [-0.05, 0) is 34.9 Å². The first kappa shape index (κ1) is 30.7. The van der Waals surface area contributed by atoms with Gasteiger partial charge in [0.05, 0.1) is 27.7 Å². The number of rotatable bonds is 12. The number of allylic oxidation sites excluding steroid dienone is 1. The summed E-state index contributed by atoms with van der Waals surface area (Å²) in [6, 6.07) is 15.5. The van der Waals surface area contributed by atoms with Crippen molar-refractivity contribution < 1.29 is 37.9 Å². The van der Waals surface area contributed by atoms with Gasteiger partial charge in [0.15, 0.2) is 6.54 Å². The number of nitrogens with one attached hydrogen (secondary N) is 1. The van der Waals surface area contributed by atoms with Gasteiger partial charge < -0.3 is 29.7 Å². The van der Waals surface area contributed by atoms with Gasteiger partial charge >= 0.3 is 12.1 Å². The lowest BCUT2D eigenvalue weighted by Crippen LogP contribution is -2.70. The maximum atomic E-state index is 13.4. The van der Waals surface area contributed by atoms with Gasteiger partial charge in [-0.25, -0.2) is 9.59 Å². The van der Waals surface area contributed by atoms with Crippen LogP contribution in [0.5, 0.6) is 5.75 Å². The second-order valence-corrected chi connectivity index (χ2v) is 11.6. The number of alkyl carbamates (subject to hydrolysis) is 1. The van der Waals surface area contributed by atoms with E-state index in [2.05, 4.69) is 5.32 Å². The van der Waals surface area contributed by atoms with Crippen LogP contribution in [0.4, 0.5) is 4.79 Å². The lowest BCUT2D eigenvalue weighted by Gasteiger charge is -2.49. The lowest BCUT2D eigenvalue weighted by atomic mass is 10.0. The quantitative estimate of drug-likeness (QED) is 0.217. The van der Waals surface area contributed by atoms with Crippen molar-refractivity contribution in [3.63, 3.8) is 0 Å². The number of primary amides is 1. The highest BCUT2D eigenvalue weighted by Gasteiger charge is 2.54. The van der Waals surface area contributed by atoms with Crippen molar-refractivity contribution in [2.75, 3.05) is 40.0 Å². The Morgan fingerprint density at radius 1 is 1.05 bits per heavy atom. The van der Waals surface area contributed by atoms with Crippen LogP contribution in [0.3, 0.4) is 0 Å². The molecule has 0 aliphatic carbocycles. The molecule has 2 atom stereocenters. The molecule has 0 radical (unpaired) electrons. The third-order valence-electron chi connectivity index (χ3n) is 6.71. The number of thioether (sulfide) groups is 1. The molecule has 0 aromatic heterocycles. The lowest BCUT2D eigenvalue weighted by molar-refractivity contribution is -0.876. The van der Waals surface area contributed by atoms with Crippen LogP contribution in [0.1, 0.15) is 11.1 Å². The molecule has 222 valence electrons. The molecule has 0 saturated carbocycles. The Hall–Kier alpha value is -4.29. The number of amides is 3. The fourth-order valence-electron chi connectivity index (χ4n) is 4.56. The van der Waals surface area contributed by atoms with Crippen LogP contribution in [0.15, 0.2) is 78.0 Å². The van der Waals surface area contributed by atoms with Crippen molar-refractivity contribution in [3.8, 4) is 5.75 Å². The highest BCUT2D eigenvalue weighted by molar-refractivity contribution is 8.00. The van der Waals surface area contributed by atoms with E-state index in [1.165, 1.54) is 16.7 Å². The molecule has 2 aromatic rings. The fraction of sp³-hybridized carbons (Fsp3) is 0.333. The predicted octanol–water partition coefficient (Wildman–Crippen LogP) is 2.32. The molecule has 2 aromatic carbocycles. The largest absolute Gasteiger partial charge is 0.497 e. The summed E-state index contributed by atoms with van der Waals surface area (Å²) in [5, 5.41) is 2.14. The van der Waals surface area contributed by atoms with Crippen molar-refractivity contribution in [2.24, 2.45) is 5.73 Å². The number of carbonyl (C=O) groups is 4. The first-order valence-corrected chi connectivity index (χ1v) is 14.3. The van der Waals surface area contributed by atoms with Crippen LogP contribution in [0, 0.1) is 0 Å². The molecule has 2 aliphatic rings. The summed E-state index contributed by atoms with van der Waals surface area (Å²) in [7, 11) is 5.30. The number of nitrogens with two attached hydrogens (primary N) is 1. The van der Waals surface area contributed by atoms with Gasteiger partial charge in [-0.3, -0.25) is 14.5 Å². The Kier molecular flexibility index (Phi) is 9.92. The van der Waals surface area contributed by atoms with Crippen LogP contribution in [0.2, 0.25) is 0 Å². The average molecular weight is 596 g/mol. The van der Waals surface area contributed by atoms with Gasteiger partial charge in [0.25, 0.3) is 11.8 Å². The van der Waals surface area contributed by atoms with Gasteiger partial charge in [-0.15, -0.1) is 11.8 Å². The number of likely N-dealkylation sites (N-methyl/N-ethyl adjacent to an activating group) is 1. The van der Waals surface area contributed by atoms with E-state index in [-0.39, 0.29) is 25.5 Å². The maximum absolute atomic E-state index is 13.4. The summed E-state index contributed by atoms with van der Waals surface area (Å²) < 4.78 is 16.4. The third-order valence-corrected chi connectivity index (χ3v) is 8.01. The van der Waals surface area contributed by atoms with E-state index in [0.717, 1.165) is 11.1 Å². The van der Waals surface area contributed by atoms with E-state index in [9.17, 15) is 19.2 Å². The number of quaternary nitrogens is 1. The number of fused-ring (bicyclic) bond motifs is 1. The number of hydrogen-bond acceptors (Lipinski definition) is 8. The molecule has 3 amide bonds. The summed E-state index contributed by atoms with van der Waals surface area (Å²) >= 11 is 1.42. The highest BCUT2D eigenvalue weighted by atomic mass is 32.2. The van der Waals surface area contributed by atoms with Crippen molar-refractivity contribution in [1.82, 2.24) is 10.2 Å². The summed E-state index contributed by atoms with van der Waals surface area (Å²) in [6.45, 7) is 0.687. The molecule has 2 heterocycles. The Bertz CT molecular complexity index is 1380. The zero-order valence-corrected chi connectivity index (χ0v) is 24.6. The van der Waals surface area contributed by atoms with Gasteiger partial charge in [0.2, 0.25) is 0 Å². The number of methoxy groups -OCH3 is 1. The number of ether oxygens (including phenoxy) is 3. The van der Waals surface area contributed by atoms with Crippen molar-refractivity contribution in [3.05, 3.63) is 89.1 Å². The van der Waals surface area contributed by atoms with Crippen molar-refractivity contribution in [2.45, 2.75) is 24.6 Å². The Morgan fingerprint density at radius 2 is 1.71 bits per heavy atom. The number of esters is 1. The highest BCUT2D eigenvalue weighted by Crippen LogP contribution is 2.41. The molecule has 0 unspecified atom stereocenters. The first-order chi connectivity index (χ1) is 20.1. The number of β-lactam (4-membered cyclic amide) rings is 1. The van der Waals surface area contributed by atoms with Gasteiger partial charge in [-0.1, -0.05) is 48.5 Å². The molecule has 42 heavy (non-hydrogen) atoms. The molecule has 2 aliphatic heterocycles. The van der Waals surface area contributed by atoms with E-state index in [1.807, 2.05) is 50.5 Å². The van der Waals surface area contributed by atoms with Gasteiger partial charge in [0, 0.05) is 5.75 Å². The number of carbonyl (C=O) groups excluding carboxylic acids is 4. The number of nitrogens with zero attached hydrogens (tertiary/aromatic N) is 2. The predicted molar refractivity (Wildman–Crippen MR) is 157 cm³/mol. The molecule has 1 saturated heterocycles. The molecule has 1 fully saturated rings. The monoisotopic (exact) mass is 595 g/mol.